The molecule has 126 valence electrons. The molecule has 0 spiro atoms. The average molecular weight is 393 g/mol. The molecular weight excluding hydrogens is 381 g/mol. The molecule has 2 heterocycles. The van der Waals surface area contributed by atoms with E-state index in [1.54, 1.807) is 29.2 Å². The predicted octanol–water partition coefficient (Wildman–Crippen LogP) is 5.11. The van der Waals surface area contributed by atoms with Gasteiger partial charge in [0.15, 0.2) is 0 Å². The van der Waals surface area contributed by atoms with Gasteiger partial charge in [-0.2, -0.15) is 0 Å². The normalized spacial score (nSPS) is 22.5. The maximum atomic E-state index is 12.4. The molecule has 4 rings (SSSR count). The van der Waals surface area contributed by atoms with Crippen LogP contribution in [0.25, 0.3) is 0 Å². The van der Waals surface area contributed by atoms with E-state index in [9.17, 15) is 4.79 Å². The maximum absolute atomic E-state index is 12.4. The number of benzene rings is 2. The number of aliphatic imine (C=N–C) groups is 2. The number of fused-ring (bicyclic) bond motifs is 1. The van der Waals surface area contributed by atoms with Gasteiger partial charge >= 0.3 is 0 Å². The van der Waals surface area contributed by atoms with E-state index in [4.69, 9.17) is 39.8 Å². The number of rotatable bonds is 2. The third kappa shape index (κ3) is 2.95. The minimum absolute atomic E-state index is 0.165. The van der Waals surface area contributed by atoms with Gasteiger partial charge in [0, 0.05) is 17.1 Å². The highest BCUT2D eigenvalue weighted by Gasteiger charge is 2.50. The first-order valence-corrected chi connectivity index (χ1v) is 8.86. The van der Waals surface area contributed by atoms with E-state index in [1.807, 2.05) is 24.3 Å². The van der Waals surface area contributed by atoms with Crippen molar-refractivity contribution in [1.29, 1.82) is 0 Å². The highest BCUT2D eigenvalue weighted by molar-refractivity contribution is 6.67. The molecule has 1 fully saturated rings. The Morgan fingerprint density at radius 2 is 1.60 bits per heavy atom. The summed E-state index contributed by atoms with van der Waals surface area (Å²) in [6.45, 7) is 0. The first-order valence-electron chi connectivity index (χ1n) is 7.67. The SMILES string of the molecule is O=C1C(Cl)C(C2=Nc3ccccc3N=C(Cl)C2)N1c1ccc(Cl)cc1. The molecule has 1 saturated heterocycles. The molecule has 0 radical (unpaired) electrons. The minimum atomic E-state index is -0.677. The Labute approximate surface area is 159 Å². The third-order valence-corrected chi connectivity index (χ3v) is 5.08. The lowest BCUT2D eigenvalue weighted by molar-refractivity contribution is -0.122. The van der Waals surface area contributed by atoms with E-state index in [-0.39, 0.29) is 11.9 Å². The number of hydrogen-bond donors (Lipinski definition) is 0. The van der Waals surface area contributed by atoms with E-state index >= 15 is 0 Å². The Hall–Kier alpha value is -1.88. The monoisotopic (exact) mass is 391 g/mol. The zero-order valence-electron chi connectivity index (χ0n) is 12.9. The number of amides is 1. The van der Waals surface area contributed by atoms with E-state index in [0.717, 1.165) is 5.69 Å². The summed E-state index contributed by atoms with van der Waals surface area (Å²) in [7, 11) is 0. The lowest BCUT2D eigenvalue weighted by Gasteiger charge is -2.44. The van der Waals surface area contributed by atoms with Crippen molar-refractivity contribution in [3.8, 4) is 0 Å². The second kappa shape index (κ2) is 6.45. The molecular formula is C18H12Cl3N3O. The molecule has 2 aliphatic rings. The molecule has 0 saturated carbocycles. The highest BCUT2D eigenvalue weighted by atomic mass is 35.5. The lowest BCUT2D eigenvalue weighted by atomic mass is 9.93. The Kier molecular flexibility index (Phi) is 4.28. The molecule has 0 bridgehead atoms. The highest BCUT2D eigenvalue weighted by Crippen LogP contribution is 2.37. The fraction of sp³-hybridized carbons (Fsp3) is 0.167. The summed E-state index contributed by atoms with van der Waals surface area (Å²) in [6, 6.07) is 14.2. The topological polar surface area (TPSA) is 45.0 Å². The molecule has 2 atom stereocenters. The summed E-state index contributed by atoms with van der Waals surface area (Å²) in [5.74, 6) is -0.165. The van der Waals surface area contributed by atoms with Crippen molar-refractivity contribution in [1.82, 2.24) is 0 Å². The number of carbonyl (C=O) groups is 1. The van der Waals surface area contributed by atoms with Crippen molar-refractivity contribution in [2.45, 2.75) is 17.8 Å². The molecule has 0 N–H and O–H groups in total. The lowest BCUT2D eigenvalue weighted by Crippen LogP contribution is -2.66. The van der Waals surface area contributed by atoms with E-state index < -0.39 is 5.38 Å². The van der Waals surface area contributed by atoms with Gasteiger partial charge in [0.05, 0.1) is 17.1 Å². The third-order valence-electron chi connectivity index (χ3n) is 4.19. The zero-order chi connectivity index (χ0) is 17.6. The Bertz CT molecular complexity index is 908. The Balaban J connectivity index is 1.75. The van der Waals surface area contributed by atoms with Gasteiger partial charge in [0.25, 0.3) is 0 Å². The van der Waals surface area contributed by atoms with Crippen molar-refractivity contribution in [3.63, 3.8) is 0 Å². The summed E-state index contributed by atoms with van der Waals surface area (Å²) in [6.07, 6.45) is 0.349. The maximum Gasteiger partial charge on any atom is 0.248 e. The van der Waals surface area contributed by atoms with Crippen LogP contribution in [-0.2, 0) is 4.79 Å². The number of anilines is 1. The summed E-state index contributed by atoms with van der Waals surface area (Å²) >= 11 is 18.5. The molecule has 2 aromatic rings. The predicted molar refractivity (Wildman–Crippen MR) is 103 cm³/mol. The number of alkyl halides is 1. The number of para-hydroxylation sites is 2. The van der Waals surface area contributed by atoms with Gasteiger partial charge in [-0.25, -0.2) is 4.99 Å². The van der Waals surface area contributed by atoms with Crippen LogP contribution in [-0.4, -0.2) is 28.2 Å². The Morgan fingerprint density at radius 3 is 2.28 bits per heavy atom. The molecule has 1 amide bonds. The first-order chi connectivity index (χ1) is 12.0. The molecule has 2 aromatic carbocycles. The standard InChI is InChI=1S/C18H12Cl3N3O/c19-10-5-7-11(8-6-10)24-17(16(21)18(24)25)14-9-15(20)23-13-4-2-1-3-12(13)22-14/h1-8,16-17H,9H2. The second-order valence-electron chi connectivity index (χ2n) is 5.79. The van der Waals surface area contributed by atoms with Crippen molar-refractivity contribution < 1.29 is 4.79 Å². The van der Waals surface area contributed by atoms with Crippen LogP contribution < -0.4 is 4.90 Å². The summed E-state index contributed by atoms with van der Waals surface area (Å²) < 4.78 is 0. The summed E-state index contributed by atoms with van der Waals surface area (Å²) in [5, 5.41) is 0.346. The smallest absolute Gasteiger partial charge is 0.248 e. The van der Waals surface area contributed by atoms with Crippen LogP contribution in [0.15, 0.2) is 58.5 Å². The number of halogens is 3. The fourth-order valence-electron chi connectivity index (χ4n) is 3.00. The number of carbonyl (C=O) groups excluding carboxylic acids is 1. The van der Waals surface area contributed by atoms with Crippen molar-refractivity contribution in [3.05, 3.63) is 53.6 Å². The van der Waals surface area contributed by atoms with Crippen LogP contribution in [0.1, 0.15) is 6.42 Å². The van der Waals surface area contributed by atoms with E-state index in [2.05, 4.69) is 4.99 Å². The molecule has 25 heavy (non-hydrogen) atoms. The molecule has 0 aromatic heterocycles. The van der Waals surface area contributed by atoms with Gasteiger partial charge in [-0.15, -0.1) is 11.6 Å². The summed E-state index contributed by atoms with van der Waals surface area (Å²) in [5.41, 5.74) is 2.86. The quantitative estimate of drug-likeness (QED) is 0.517. The van der Waals surface area contributed by atoms with Gasteiger partial charge in [0.2, 0.25) is 5.91 Å². The number of β-lactam (4-membered cyclic amide) rings is 1. The average Bonchev–Trinajstić information content (AvgIpc) is 2.77. The van der Waals surface area contributed by atoms with Crippen LogP contribution in [0.3, 0.4) is 0 Å². The van der Waals surface area contributed by atoms with Crippen molar-refractivity contribution in [2.24, 2.45) is 9.98 Å². The van der Waals surface area contributed by atoms with Crippen LogP contribution in [0.5, 0.6) is 0 Å². The molecule has 4 nitrogen and oxygen atoms in total. The molecule has 0 aliphatic carbocycles. The van der Waals surface area contributed by atoms with Crippen LogP contribution in [0.4, 0.5) is 17.1 Å². The molecule has 2 aliphatic heterocycles. The first kappa shape index (κ1) is 16.6. The van der Waals surface area contributed by atoms with E-state index in [1.165, 1.54) is 0 Å². The number of nitrogens with zero attached hydrogens (tertiary/aromatic N) is 3. The molecule has 2 unspecified atom stereocenters. The van der Waals surface area contributed by atoms with Crippen LogP contribution in [0, 0.1) is 0 Å². The van der Waals surface area contributed by atoms with Gasteiger partial charge < -0.3 is 4.90 Å². The van der Waals surface area contributed by atoms with Gasteiger partial charge in [-0.05, 0) is 36.4 Å². The van der Waals surface area contributed by atoms with Crippen LogP contribution >= 0.6 is 34.8 Å². The summed E-state index contributed by atoms with van der Waals surface area (Å²) in [4.78, 5) is 23.1. The fourth-order valence-corrected chi connectivity index (χ4v) is 3.72. The number of hydrogen-bond acceptors (Lipinski definition) is 3. The molecule has 7 heteroatoms. The minimum Gasteiger partial charge on any atom is -0.300 e. The second-order valence-corrected chi connectivity index (χ2v) is 7.13. The Morgan fingerprint density at radius 1 is 0.960 bits per heavy atom. The van der Waals surface area contributed by atoms with Crippen molar-refractivity contribution in [2.75, 3.05) is 4.90 Å². The van der Waals surface area contributed by atoms with Gasteiger partial charge in [0.1, 0.15) is 16.6 Å². The zero-order valence-corrected chi connectivity index (χ0v) is 15.1. The van der Waals surface area contributed by atoms with Gasteiger partial charge in [-0.3, -0.25) is 9.79 Å². The van der Waals surface area contributed by atoms with E-state index in [0.29, 0.717) is 33.7 Å². The van der Waals surface area contributed by atoms with Crippen molar-refractivity contribution >= 4 is 68.7 Å². The largest absolute Gasteiger partial charge is 0.300 e. The van der Waals surface area contributed by atoms with Crippen LogP contribution in [0.2, 0.25) is 5.02 Å². The van der Waals surface area contributed by atoms with Gasteiger partial charge in [-0.1, -0.05) is 35.3 Å².